The van der Waals surface area contributed by atoms with E-state index < -0.39 is 6.10 Å². The van der Waals surface area contributed by atoms with Crippen LogP contribution in [-0.4, -0.2) is 18.2 Å². The minimum atomic E-state index is -0.457. The molecule has 94 valence electrons. The van der Waals surface area contributed by atoms with Crippen molar-refractivity contribution in [2.24, 2.45) is 5.92 Å². The van der Waals surface area contributed by atoms with Gasteiger partial charge in [-0.3, -0.25) is 0 Å². The minimum absolute atomic E-state index is 0.457. The number of nitrogens with zero attached hydrogens (tertiary/aromatic N) is 1. The van der Waals surface area contributed by atoms with Gasteiger partial charge in [-0.2, -0.15) is 0 Å². The number of aliphatic hydroxyl groups excluding tert-OH is 1. The van der Waals surface area contributed by atoms with Crippen molar-refractivity contribution in [3.8, 4) is 0 Å². The van der Waals surface area contributed by atoms with Crippen LogP contribution in [0.15, 0.2) is 18.2 Å². The Bertz CT molecular complexity index is 392. The summed E-state index contributed by atoms with van der Waals surface area (Å²) in [6.45, 7) is 6.20. The molecule has 17 heavy (non-hydrogen) atoms. The highest BCUT2D eigenvalue weighted by atomic mass is 35.5. The first-order chi connectivity index (χ1) is 8.08. The lowest BCUT2D eigenvalue weighted by Gasteiger charge is -2.33. The van der Waals surface area contributed by atoms with Gasteiger partial charge in [0.15, 0.2) is 0 Å². The van der Waals surface area contributed by atoms with Gasteiger partial charge in [-0.1, -0.05) is 24.6 Å². The monoisotopic (exact) mass is 253 g/mol. The van der Waals surface area contributed by atoms with E-state index in [1.807, 2.05) is 18.2 Å². The third-order valence-electron chi connectivity index (χ3n) is 3.45. The first-order valence-corrected chi connectivity index (χ1v) is 6.68. The summed E-state index contributed by atoms with van der Waals surface area (Å²) in [5.74, 6) is 0.733. The predicted octanol–water partition coefficient (Wildman–Crippen LogP) is 3.63. The highest BCUT2D eigenvalue weighted by Crippen LogP contribution is 2.31. The van der Waals surface area contributed by atoms with E-state index >= 15 is 0 Å². The molecule has 2 nitrogen and oxygen atoms in total. The summed E-state index contributed by atoms with van der Waals surface area (Å²) in [5, 5.41) is 10.3. The fourth-order valence-corrected chi connectivity index (χ4v) is 2.76. The first-order valence-electron chi connectivity index (χ1n) is 6.30. The second-order valence-electron chi connectivity index (χ2n) is 5.08. The van der Waals surface area contributed by atoms with Gasteiger partial charge in [-0.15, -0.1) is 0 Å². The van der Waals surface area contributed by atoms with Gasteiger partial charge in [0.2, 0.25) is 0 Å². The largest absolute Gasteiger partial charge is 0.389 e. The Hall–Kier alpha value is -0.730. The number of piperidine rings is 1. The van der Waals surface area contributed by atoms with E-state index in [1.54, 1.807) is 6.92 Å². The Morgan fingerprint density at radius 1 is 1.47 bits per heavy atom. The van der Waals surface area contributed by atoms with Crippen LogP contribution in [0.1, 0.15) is 38.4 Å². The summed E-state index contributed by atoms with van der Waals surface area (Å²) in [6, 6.07) is 5.87. The maximum absolute atomic E-state index is 9.52. The van der Waals surface area contributed by atoms with Crippen LogP contribution in [0.5, 0.6) is 0 Å². The molecule has 1 fully saturated rings. The van der Waals surface area contributed by atoms with Gasteiger partial charge in [0.05, 0.1) is 16.8 Å². The molecule has 1 aromatic rings. The molecule has 0 saturated carbocycles. The van der Waals surface area contributed by atoms with Crippen molar-refractivity contribution < 1.29 is 5.11 Å². The summed E-state index contributed by atoms with van der Waals surface area (Å²) >= 11 is 6.30. The van der Waals surface area contributed by atoms with E-state index in [2.05, 4.69) is 11.8 Å². The zero-order chi connectivity index (χ0) is 12.4. The van der Waals surface area contributed by atoms with Crippen molar-refractivity contribution in [1.82, 2.24) is 0 Å². The molecule has 0 radical (unpaired) electrons. The molecular formula is C14H20ClNO. The third kappa shape index (κ3) is 2.93. The Labute approximate surface area is 108 Å². The van der Waals surface area contributed by atoms with Crippen molar-refractivity contribution in [3.05, 3.63) is 28.8 Å². The summed E-state index contributed by atoms with van der Waals surface area (Å²) in [7, 11) is 0. The van der Waals surface area contributed by atoms with Crippen molar-refractivity contribution in [3.63, 3.8) is 0 Å². The zero-order valence-corrected chi connectivity index (χ0v) is 11.2. The maximum Gasteiger partial charge on any atom is 0.0762 e. The molecule has 3 heteroatoms. The van der Waals surface area contributed by atoms with Gasteiger partial charge < -0.3 is 10.0 Å². The Morgan fingerprint density at radius 3 is 2.82 bits per heavy atom. The molecule has 0 bridgehead atoms. The molecule has 1 aliphatic rings. The molecular weight excluding hydrogens is 234 g/mol. The van der Waals surface area contributed by atoms with Gasteiger partial charge in [0.1, 0.15) is 0 Å². The lowest BCUT2D eigenvalue weighted by Crippen LogP contribution is -2.34. The second kappa shape index (κ2) is 5.28. The lowest BCUT2D eigenvalue weighted by molar-refractivity contribution is 0.199. The van der Waals surface area contributed by atoms with Crippen LogP contribution in [-0.2, 0) is 0 Å². The molecule has 0 aliphatic carbocycles. The highest BCUT2D eigenvalue weighted by Gasteiger charge is 2.18. The average Bonchev–Trinajstić information content (AvgIpc) is 2.28. The number of hydrogen-bond acceptors (Lipinski definition) is 2. The Morgan fingerprint density at radius 2 is 2.24 bits per heavy atom. The number of rotatable bonds is 2. The number of aliphatic hydroxyl groups is 1. The molecule has 1 aromatic carbocycles. The van der Waals surface area contributed by atoms with Gasteiger partial charge in [-0.25, -0.2) is 0 Å². The zero-order valence-electron chi connectivity index (χ0n) is 10.5. The first kappa shape index (κ1) is 12.7. The van der Waals surface area contributed by atoms with Crippen LogP contribution < -0.4 is 4.90 Å². The minimum Gasteiger partial charge on any atom is -0.389 e. The van der Waals surface area contributed by atoms with Crippen molar-refractivity contribution >= 4 is 17.3 Å². The number of hydrogen-bond donors (Lipinski definition) is 1. The molecule has 1 N–H and O–H groups in total. The SMILES string of the molecule is CC1CCCN(c2ccc(C(C)O)cc2Cl)C1. The van der Waals surface area contributed by atoms with Crippen LogP contribution >= 0.6 is 11.6 Å². The van der Waals surface area contributed by atoms with Gasteiger partial charge in [0, 0.05) is 13.1 Å². The summed E-state index contributed by atoms with van der Waals surface area (Å²) in [4.78, 5) is 2.35. The molecule has 2 unspecified atom stereocenters. The van der Waals surface area contributed by atoms with Crippen molar-refractivity contribution in [1.29, 1.82) is 0 Å². The van der Waals surface area contributed by atoms with Crippen molar-refractivity contribution in [2.45, 2.75) is 32.8 Å². The molecule has 0 spiro atoms. The maximum atomic E-state index is 9.52. The van der Waals surface area contributed by atoms with Gasteiger partial charge in [0.25, 0.3) is 0 Å². The quantitative estimate of drug-likeness (QED) is 0.870. The number of benzene rings is 1. The standard InChI is InChI=1S/C14H20ClNO/c1-10-4-3-7-16(9-10)14-6-5-12(11(2)17)8-13(14)15/h5-6,8,10-11,17H,3-4,7,9H2,1-2H3. The fourth-order valence-electron chi connectivity index (χ4n) is 2.45. The smallest absolute Gasteiger partial charge is 0.0762 e. The number of anilines is 1. The highest BCUT2D eigenvalue weighted by molar-refractivity contribution is 6.33. The summed E-state index contributed by atoms with van der Waals surface area (Å²) in [6.07, 6.45) is 2.08. The number of halogens is 1. The molecule has 0 amide bonds. The normalized spacial score (nSPS) is 22.6. The van der Waals surface area contributed by atoms with Crippen LogP contribution in [0.2, 0.25) is 5.02 Å². The molecule has 2 rings (SSSR count). The van der Waals surface area contributed by atoms with Crippen LogP contribution in [0.3, 0.4) is 0 Å². The molecule has 1 saturated heterocycles. The van der Waals surface area contributed by atoms with E-state index in [1.165, 1.54) is 12.8 Å². The van der Waals surface area contributed by atoms with Crippen LogP contribution in [0.25, 0.3) is 0 Å². The molecule has 0 aromatic heterocycles. The Kier molecular flexibility index (Phi) is 3.95. The van der Waals surface area contributed by atoms with E-state index in [-0.39, 0.29) is 0 Å². The van der Waals surface area contributed by atoms with Crippen LogP contribution in [0, 0.1) is 5.92 Å². The van der Waals surface area contributed by atoms with E-state index in [4.69, 9.17) is 11.6 Å². The topological polar surface area (TPSA) is 23.5 Å². The van der Waals surface area contributed by atoms with E-state index in [9.17, 15) is 5.11 Å². The van der Waals surface area contributed by atoms with Gasteiger partial charge in [-0.05, 0) is 43.4 Å². The van der Waals surface area contributed by atoms with Gasteiger partial charge >= 0.3 is 0 Å². The summed E-state index contributed by atoms with van der Waals surface area (Å²) < 4.78 is 0. The van der Waals surface area contributed by atoms with E-state index in [0.29, 0.717) is 0 Å². The lowest BCUT2D eigenvalue weighted by atomic mass is 9.99. The second-order valence-corrected chi connectivity index (χ2v) is 5.49. The fraction of sp³-hybridized carbons (Fsp3) is 0.571. The van der Waals surface area contributed by atoms with E-state index in [0.717, 1.165) is 35.3 Å². The average molecular weight is 254 g/mol. The Balaban J connectivity index is 2.21. The molecule has 1 aliphatic heterocycles. The molecule has 2 atom stereocenters. The molecule has 1 heterocycles. The van der Waals surface area contributed by atoms with Crippen LogP contribution in [0.4, 0.5) is 5.69 Å². The predicted molar refractivity (Wildman–Crippen MR) is 72.7 cm³/mol. The third-order valence-corrected chi connectivity index (χ3v) is 3.75. The van der Waals surface area contributed by atoms with Crippen molar-refractivity contribution in [2.75, 3.05) is 18.0 Å². The summed E-state index contributed by atoms with van der Waals surface area (Å²) in [5.41, 5.74) is 1.98.